The molecule has 0 bridgehead atoms. The van der Waals surface area contributed by atoms with Crippen LogP contribution in [0.1, 0.15) is 245 Å². The Bertz CT molecular complexity index is 1030. The Morgan fingerprint density at radius 2 is 0.917 bits per heavy atom. The smallest absolute Gasteiger partial charge is 0.387 e. The van der Waals surface area contributed by atoms with Crippen LogP contribution in [0.5, 0.6) is 0 Å². The molecule has 3 unspecified atom stereocenters. The van der Waals surface area contributed by atoms with Gasteiger partial charge in [0, 0.05) is 6.42 Å². The number of amides is 1. The molecule has 3 atom stereocenters. The highest BCUT2D eigenvalue weighted by Gasteiger charge is 2.27. The van der Waals surface area contributed by atoms with Crippen molar-refractivity contribution in [3.05, 3.63) is 24.3 Å². The molecule has 9 heteroatoms. The Hall–Kier alpha value is -1.02. The first-order valence-electron chi connectivity index (χ1n) is 25.7. The number of hydrogen-bond donors (Lipinski definition) is 3. The second-order valence-electron chi connectivity index (χ2n) is 18.9. The van der Waals surface area contributed by atoms with E-state index in [1.807, 2.05) is 27.2 Å². The molecule has 0 aromatic carbocycles. The van der Waals surface area contributed by atoms with Crippen molar-refractivity contribution in [3.8, 4) is 0 Å². The highest BCUT2D eigenvalue weighted by atomic mass is 31.2. The average Bonchev–Trinajstić information content (AvgIpc) is 3.20. The monoisotopic (exact) mass is 870 g/mol. The molecule has 1 amide bonds. The lowest BCUT2D eigenvalue weighted by molar-refractivity contribution is -0.870. The first-order chi connectivity index (χ1) is 29.0. The Morgan fingerprint density at radius 3 is 1.33 bits per heavy atom. The van der Waals surface area contributed by atoms with E-state index >= 15 is 0 Å². The van der Waals surface area contributed by atoms with Gasteiger partial charge in [0.15, 0.2) is 0 Å². The number of quaternary nitrogens is 1. The first kappa shape index (κ1) is 59.0. The van der Waals surface area contributed by atoms with Crippen LogP contribution in [0.4, 0.5) is 0 Å². The van der Waals surface area contributed by atoms with Gasteiger partial charge in [-0.1, -0.05) is 231 Å². The fraction of sp³-hybridized carbons (Fsp3) is 0.902. The van der Waals surface area contributed by atoms with Gasteiger partial charge in [-0.3, -0.25) is 13.8 Å². The van der Waals surface area contributed by atoms with E-state index in [1.54, 1.807) is 6.08 Å². The second-order valence-corrected chi connectivity index (χ2v) is 20.4. The highest BCUT2D eigenvalue weighted by Crippen LogP contribution is 2.43. The summed E-state index contributed by atoms with van der Waals surface area (Å²) in [5, 5.41) is 13.8. The number of unbranched alkanes of at least 4 members (excludes halogenated alkanes) is 32. The molecule has 60 heavy (non-hydrogen) atoms. The maximum Gasteiger partial charge on any atom is 0.472 e. The number of phosphoric acid groups is 1. The summed E-state index contributed by atoms with van der Waals surface area (Å²) >= 11 is 0. The summed E-state index contributed by atoms with van der Waals surface area (Å²) in [7, 11) is 1.56. The normalized spacial score (nSPS) is 14.3. The van der Waals surface area contributed by atoms with Crippen LogP contribution in [0.25, 0.3) is 0 Å². The maximum atomic E-state index is 12.8. The summed E-state index contributed by atoms with van der Waals surface area (Å²) < 4.78 is 23.6. The standard InChI is InChI=1S/C51H101N2O6P/c1-6-8-10-12-14-16-18-19-20-21-22-23-24-25-26-27-28-29-30-31-32-33-35-36-38-40-42-44-50(54)49(48-59-60(56,57)58-47-46-53(3,4)5)52-51(55)45-43-41-39-37-34-17-15-13-11-9-7-2/h35-36,42,44,49-50,54H,6-34,37-41,43,45-48H2,1-5H3,(H-,52,55,56,57)/p+1/b36-35+,44-42+. The van der Waals surface area contributed by atoms with E-state index in [9.17, 15) is 19.4 Å². The number of hydrogen-bond acceptors (Lipinski definition) is 5. The number of rotatable bonds is 47. The summed E-state index contributed by atoms with van der Waals surface area (Å²) in [5.41, 5.74) is 0. The van der Waals surface area contributed by atoms with Gasteiger partial charge in [-0.15, -0.1) is 0 Å². The number of aliphatic hydroxyl groups excluding tert-OH is 1. The minimum Gasteiger partial charge on any atom is -0.387 e. The van der Waals surface area contributed by atoms with Crippen molar-refractivity contribution in [2.45, 2.75) is 257 Å². The number of phosphoric ester groups is 1. The molecule has 0 saturated heterocycles. The first-order valence-corrected chi connectivity index (χ1v) is 27.2. The molecule has 3 N–H and O–H groups in total. The quantitative estimate of drug-likeness (QED) is 0.0243. The number of aliphatic hydroxyl groups is 1. The number of nitrogens with one attached hydrogen (secondary N) is 1. The minimum atomic E-state index is -4.34. The van der Waals surface area contributed by atoms with Crippen LogP contribution in [0.15, 0.2) is 24.3 Å². The molecular weight excluding hydrogens is 768 g/mol. The van der Waals surface area contributed by atoms with Crippen molar-refractivity contribution in [3.63, 3.8) is 0 Å². The van der Waals surface area contributed by atoms with Gasteiger partial charge in [0.05, 0.1) is 39.9 Å². The van der Waals surface area contributed by atoms with Gasteiger partial charge in [0.25, 0.3) is 0 Å². The van der Waals surface area contributed by atoms with Crippen molar-refractivity contribution in [2.24, 2.45) is 0 Å². The molecule has 0 fully saturated rings. The van der Waals surface area contributed by atoms with Gasteiger partial charge in [-0.25, -0.2) is 4.57 Å². The van der Waals surface area contributed by atoms with E-state index in [4.69, 9.17) is 9.05 Å². The summed E-state index contributed by atoms with van der Waals surface area (Å²) in [6, 6.07) is -0.858. The topological polar surface area (TPSA) is 105 Å². The molecule has 0 rings (SSSR count). The molecule has 0 aromatic rings. The van der Waals surface area contributed by atoms with E-state index in [2.05, 4.69) is 31.3 Å². The average molecular weight is 870 g/mol. The molecule has 0 heterocycles. The molecule has 0 saturated carbocycles. The third-order valence-electron chi connectivity index (χ3n) is 11.7. The van der Waals surface area contributed by atoms with Gasteiger partial charge < -0.3 is 19.8 Å². The van der Waals surface area contributed by atoms with Crippen molar-refractivity contribution in [2.75, 3.05) is 40.9 Å². The third kappa shape index (κ3) is 45.0. The predicted octanol–water partition coefficient (Wildman–Crippen LogP) is 14.9. The van der Waals surface area contributed by atoms with E-state index < -0.39 is 20.0 Å². The Morgan fingerprint density at radius 1 is 0.550 bits per heavy atom. The lowest BCUT2D eigenvalue weighted by Gasteiger charge is -2.25. The van der Waals surface area contributed by atoms with Gasteiger partial charge in [-0.2, -0.15) is 0 Å². The molecule has 0 aliphatic carbocycles. The zero-order valence-corrected chi connectivity index (χ0v) is 41.4. The van der Waals surface area contributed by atoms with E-state index in [0.717, 1.165) is 38.5 Å². The SMILES string of the molecule is CCCCCCCCCCCCCCCCCCCCCCC/C=C/CC/C=C/C(O)C(COP(=O)(O)OCC[N+](C)(C)C)NC(=O)CCCCCCCCCCCCC. The Kier molecular flexibility index (Phi) is 42.5. The van der Waals surface area contributed by atoms with Crippen molar-refractivity contribution in [1.82, 2.24) is 5.32 Å². The molecule has 0 aliphatic rings. The van der Waals surface area contributed by atoms with E-state index in [0.29, 0.717) is 17.4 Å². The number of nitrogens with zero attached hydrogens (tertiary/aromatic N) is 1. The predicted molar refractivity (Wildman–Crippen MR) is 258 cm³/mol. The van der Waals surface area contributed by atoms with Crippen LogP contribution in [0, 0.1) is 0 Å². The molecule has 0 aliphatic heterocycles. The third-order valence-corrected chi connectivity index (χ3v) is 12.7. The molecule has 8 nitrogen and oxygen atoms in total. The number of carbonyl (C=O) groups excluding carboxylic acids is 1. The van der Waals surface area contributed by atoms with Crippen molar-refractivity contribution in [1.29, 1.82) is 0 Å². The number of likely N-dealkylation sites (N-methyl/N-ethyl adjacent to an activating group) is 1. The minimum absolute atomic E-state index is 0.0583. The molecule has 0 aromatic heterocycles. The van der Waals surface area contributed by atoms with Crippen LogP contribution in [-0.2, 0) is 18.4 Å². The van der Waals surface area contributed by atoms with Crippen LogP contribution in [-0.4, -0.2) is 73.4 Å². The molecule has 0 radical (unpaired) electrons. The lowest BCUT2D eigenvalue weighted by atomic mass is 10.0. The number of carbonyl (C=O) groups is 1. The van der Waals surface area contributed by atoms with Crippen LogP contribution < -0.4 is 5.32 Å². The molecular formula is C51H102N2O6P+. The van der Waals surface area contributed by atoms with Crippen molar-refractivity contribution < 1.29 is 32.9 Å². The highest BCUT2D eigenvalue weighted by molar-refractivity contribution is 7.47. The van der Waals surface area contributed by atoms with Crippen LogP contribution in [0.3, 0.4) is 0 Å². The largest absolute Gasteiger partial charge is 0.472 e. The Labute approximate surface area is 373 Å². The zero-order valence-electron chi connectivity index (χ0n) is 40.5. The fourth-order valence-corrected chi connectivity index (χ4v) is 8.32. The van der Waals surface area contributed by atoms with Crippen LogP contribution in [0.2, 0.25) is 0 Å². The van der Waals surface area contributed by atoms with Gasteiger partial charge in [-0.05, 0) is 32.1 Å². The van der Waals surface area contributed by atoms with Gasteiger partial charge in [0.2, 0.25) is 5.91 Å². The van der Waals surface area contributed by atoms with Crippen LogP contribution >= 0.6 is 7.82 Å². The van der Waals surface area contributed by atoms with Gasteiger partial charge >= 0.3 is 7.82 Å². The second kappa shape index (κ2) is 43.2. The Balaban J connectivity index is 4.20. The van der Waals surface area contributed by atoms with E-state index in [-0.39, 0.29) is 19.1 Å². The van der Waals surface area contributed by atoms with Crippen molar-refractivity contribution >= 4 is 13.7 Å². The van der Waals surface area contributed by atoms with E-state index in [1.165, 1.54) is 186 Å². The zero-order chi connectivity index (χ0) is 44.3. The summed E-state index contributed by atoms with van der Waals surface area (Å²) in [5.74, 6) is -0.186. The maximum absolute atomic E-state index is 12.8. The summed E-state index contributed by atoms with van der Waals surface area (Å²) in [6.07, 6.45) is 52.8. The number of allylic oxidation sites excluding steroid dienone is 3. The van der Waals surface area contributed by atoms with Gasteiger partial charge in [0.1, 0.15) is 13.2 Å². The summed E-state index contributed by atoms with van der Waals surface area (Å²) in [6.45, 7) is 4.80. The molecule has 356 valence electrons. The fourth-order valence-electron chi connectivity index (χ4n) is 7.59. The summed E-state index contributed by atoms with van der Waals surface area (Å²) in [4.78, 5) is 23.1. The lowest BCUT2D eigenvalue weighted by Crippen LogP contribution is -2.45. The molecule has 0 spiro atoms.